The third kappa shape index (κ3) is 1.70. The molecular weight excluding hydrogens is 161 g/mol. The van der Waals surface area contributed by atoms with Gasteiger partial charge in [-0.25, -0.2) is 4.79 Å². The fourth-order valence-electron chi connectivity index (χ4n) is 0.451. The van der Waals surface area contributed by atoms with Gasteiger partial charge in [-0.1, -0.05) is 0 Å². The molecule has 0 aromatic heterocycles. The van der Waals surface area contributed by atoms with Gasteiger partial charge in [0.2, 0.25) is 0 Å². The Morgan fingerprint density at radius 1 is 1.50 bits per heavy atom. The molecule has 1 aliphatic heterocycles. The van der Waals surface area contributed by atoms with Crippen LogP contribution in [0, 0.1) is 0 Å². The molecule has 0 atom stereocenters. The van der Waals surface area contributed by atoms with Crippen molar-refractivity contribution in [3.63, 3.8) is 0 Å². The maximum atomic E-state index is 10.4. The minimum absolute atomic E-state index is 0.173. The van der Waals surface area contributed by atoms with E-state index < -0.39 is 14.3 Å². The van der Waals surface area contributed by atoms with Crippen LogP contribution in [0.1, 0.15) is 0 Å². The fourth-order valence-corrected chi connectivity index (χ4v) is 1.06. The van der Waals surface area contributed by atoms with Gasteiger partial charge in [0.15, 0.2) is 0 Å². The van der Waals surface area contributed by atoms with E-state index in [9.17, 15) is 9.36 Å². The molecule has 58 valence electrons. The van der Waals surface area contributed by atoms with Gasteiger partial charge in [0.25, 0.3) is 0 Å². The molecule has 6 nitrogen and oxygen atoms in total. The summed E-state index contributed by atoms with van der Waals surface area (Å²) in [5.41, 5.74) is 0. The van der Waals surface area contributed by atoms with Crippen molar-refractivity contribution >= 4 is 14.3 Å². The summed E-state index contributed by atoms with van der Waals surface area (Å²) in [6, 6.07) is 0. The van der Waals surface area contributed by atoms with Crippen molar-refractivity contribution in [2.24, 2.45) is 0 Å². The van der Waals surface area contributed by atoms with Crippen molar-refractivity contribution in [2.45, 2.75) is 0 Å². The summed E-state index contributed by atoms with van der Waals surface area (Å²) < 4.78 is 19.2. The average molecular weight is 167 g/mol. The zero-order chi connectivity index (χ0) is 7.56. The topological polar surface area (TPSA) is 76.1 Å². The highest BCUT2D eigenvalue weighted by Gasteiger charge is 2.19. The number of amides is 1. The van der Waals surface area contributed by atoms with E-state index in [-0.39, 0.29) is 13.5 Å². The van der Waals surface area contributed by atoms with Gasteiger partial charge in [0, 0.05) is 0 Å². The van der Waals surface area contributed by atoms with Crippen LogP contribution in [-0.2, 0) is 13.6 Å². The van der Waals surface area contributed by atoms with Crippen molar-refractivity contribution in [3.05, 3.63) is 0 Å². The maximum Gasteiger partial charge on any atom is 0.411 e. The van der Waals surface area contributed by atoms with Gasteiger partial charge in [0.05, 0.1) is 0 Å². The Balaban J connectivity index is 2.40. The summed E-state index contributed by atoms with van der Waals surface area (Å²) in [5.74, 6) is 0. The Morgan fingerprint density at radius 3 is 2.40 bits per heavy atom. The molecule has 1 N–H and O–H groups in total. The van der Waals surface area contributed by atoms with E-state index in [1.54, 1.807) is 0 Å². The second-order valence-electron chi connectivity index (χ2n) is 1.62. The third-order valence-corrected chi connectivity index (χ3v) is 1.68. The largest absolute Gasteiger partial charge is 0.465 e. The molecule has 1 saturated heterocycles. The van der Waals surface area contributed by atoms with E-state index in [4.69, 9.17) is 5.11 Å². The van der Waals surface area contributed by atoms with Gasteiger partial charge >= 0.3 is 14.3 Å². The zero-order valence-corrected chi connectivity index (χ0v) is 5.94. The molecule has 7 heteroatoms. The number of rotatable bonds is 0. The molecule has 0 aliphatic carbocycles. The molecule has 0 radical (unpaired) electrons. The highest BCUT2D eigenvalue weighted by molar-refractivity contribution is 7.33. The van der Waals surface area contributed by atoms with E-state index in [0.29, 0.717) is 0 Å². The van der Waals surface area contributed by atoms with Gasteiger partial charge < -0.3 is 5.11 Å². The fraction of sp³-hybridized carbons (Fsp3) is 0.667. The van der Waals surface area contributed by atoms with Gasteiger partial charge in [-0.2, -0.15) is 0 Å². The average Bonchev–Trinajstić information content (AvgIpc) is 1.88. The molecule has 10 heavy (non-hydrogen) atoms. The highest BCUT2D eigenvalue weighted by Crippen LogP contribution is 2.27. The van der Waals surface area contributed by atoms with E-state index in [1.807, 2.05) is 0 Å². The molecule has 0 aromatic carbocycles. The normalized spacial score (nSPS) is 21.0. The lowest BCUT2D eigenvalue weighted by atomic mass is 10.8. The number of nitrogens with zero attached hydrogens (tertiary/aromatic N) is 1. The Bertz CT molecular complexity index is 160. The summed E-state index contributed by atoms with van der Waals surface area (Å²) >= 11 is 0. The lowest BCUT2D eigenvalue weighted by Gasteiger charge is -2.22. The zero-order valence-electron chi connectivity index (χ0n) is 4.94. The molecule has 1 heterocycles. The molecule has 0 bridgehead atoms. The second-order valence-corrected chi connectivity index (χ2v) is 2.70. The van der Waals surface area contributed by atoms with Crippen LogP contribution in [0.4, 0.5) is 4.79 Å². The number of carbonyl (C=O) groups is 1. The first-order valence-electron chi connectivity index (χ1n) is 2.47. The minimum Gasteiger partial charge on any atom is -0.465 e. The van der Waals surface area contributed by atoms with Crippen LogP contribution >= 0.6 is 8.25 Å². The van der Waals surface area contributed by atoms with Crippen LogP contribution in [0.2, 0.25) is 0 Å². The number of hydrogen-bond donors (Lipinski definition) is 1. The monoisotopic (exact) mass is 167 g/mol. The van der Waals surface area contributed by atoms with E-state index in [1.165, 1.54) is 0 Å². The van der Waals surface area contributed by atoms with E-state index >= 15 is 0 Å². The van der Waals surface area contributed by atoms with Gasteiger partial charge in [0.1, 0.15) is 13.5 Å². The van der Waals surface area contributed by atoms with Crippen LogP contribution in [0.25, 0.3) is 0 Å². The summed E-state index contributed by atoms with van der Waals surface area (Å²) in [5, 5.41) is 8.30. The Labute approximate surface area is 57.3 Å². The van der Waals surface area contributed by atoms with Crippen LogP contribution in [0.3, 0.4) is 0 Å². The van der Waals surface area contributed by atoms with Gasteiger partial charge in [-0.15, -0.1) is 0 Å². The first-order valence-corrected chi connectivity index (χ1v) is 3.70. The molecular formula is C3H6NO5P. The Hall–Kier alpha value is -0.580. The molecule has 0 spiro atoms. The SMILES string of the molecule is O=C(O)N1CO[PH](=O)OC1. The summed E-state index contributed by atoms with van der Waals surface area (Å²) in [6.07, 6.45) is -1.14. The second kappa shape index (κ2) is 3.01. The van der Waals surface area contributed by atoms with Crippen molar-refractivity contribution < 1.29 is 23.5 Å². The van der Waals surface area contributed by atoms with E-state index in [0.717, 1.165) is 4.90 Å². The number of hydrogen-bond acceptors (Lipinski definition) is 4. The summed E-state index contributed by atoms with van der Waals surface area (Å²) in [4.78, 5) is 11.0. The lowest BCUT2D eigenvalue weighted by molar-refractivity contribution is 0.0125. The highest BCUT2D eigenvalue weighted by atomic mass is 31.1. The quantitative estimate of drug-likeness (QED) is 0.525. The first-order chi connectivity index (χ1) is 4.70. The summed E-state index contributed by atoms with van der Waals surface area (Å²) in [7, 11) is -2.41. The first kappa shape index (κ1) is 7.53. The Morgan fingerprint density at radius 2 is 2.00 bits per heavy atom. The molecule has 1 fully saturated rings. The smallest absolute Gasteiger partial charge is 0.411 e. The minimum atomic E-state index is -2.41. The van der Waals surface area contributed by atoms with Crippen molar-refractivity contribution in [2.75, 3.05) is 13.5 Å². The molecule has 0 unspecified atom stereocenters. The standard InChI is InChI=1S/C3H6NO5P/c5-3(6)4-1-8-10(7)9-2-4/h10H,1-2H2,(H,5,6). The Kier molecular flexibility index (Phi) is 2.26. The maximum absolute atomic E-state index is 10.4. The summed E-state index contributed by atoms with van der Waals surface area (Å²) in [6.45, 7) is -0.347. The van der Waals surface area contributed by atoms with Gasteiger partial charge in [-0.3, -0.25) is 18.5 Å². The lowest BCUT2D eigenvalue weighted by Crippen LogP contribution is -2.34. The van der Waals surface area contributed by atoms with Crippen molar-refractivity contribution in [1.82, 2.24) is 4.90 Å². The predicted molar refractivity (Wildman–Crippen MR) is 30.8 cm³/mol. The van der Waals surface area contributed by atoms with Crippen molar-refractivity contribution in [1.29, 1.82) is 0 Å². The molecule has 0 aromatic rings. The van der Waals surface area contributed by atoms with Gasteiger partial charge in [-0.05, 0) is 0 Å². The van der Waals surface area contributed by atoms with E-state index in [2.05, 4.69) is 9.05 Å². The van der Waals surface area contributed by atoms with Crippen LogP contribution in [0.5, 0.6) is 0 Å². The molecule has 0 saturated carbocycles. The third-order valence-electron chi connectivity index (χ3n) is 0.947. The molecule has 1 amide bonds. The van der Waals surface area contributed by atoms with Crippen LogP contribution in [-0.4, -0.2) is 29.6 Å². The molecule has 1 rings (SSSR count). The number of carboxylic acid groups (broad SMARTS) is 1. The van der Waals surface area contributed by atoms with Crippen molar-refractivity contribution in [3.8, 4) is 0 Å². The van der Waals surface area contributed by atoms with Crippen LogP contribution < -0.4 is 0 Å². The van der Waals surface area contributed by atoms with Crippen LogP contribution in [0.15, 0.2) is 0 Å². The molecule has 1 aliphatic rings. The predicted octanol–water partition coefficient (Wildman–Crippen LogP) is 0.318.